The lowest BCUT2D eigenvalue weighted by Crippen LogP contribution is -1.92. The molecule has 2 heterocycles. The minimum absolute atomic E-state index is 0.542. The molecule has 0 unspecified atom stereocenters. The van der Waals surface area contributed by atoms with Crippen LogP contribution in [0.2, 0.25) is 0 Å². The van der Waals surface area contributed by atoms with Crippen LogP contribution < -0.4 is 0 Å². The maximum atomic E-state index is 4.37. The second-order valence-electron chi connectivity index (χ2n) is 5.77. The van der Waals surface area contributed by atoms with Crippen LogP contribution in [0.3, 0.4) is 0 Å². The number of nitrogens with zero attached hydrogens (tertiary/aromatic N) is 2. The van der Waals surface area contributed by atoms with E-state index in [1.807, 2.05) is 25.3 Å². The standard InChI is InChI=1S/2C9H13N/c1-7(2)9-6-8(3)4-5-10-9;1-7(2)9-6-4-5-8(3)10-9/h2*4-7H,1-3H3. The van der Waals surface area contributed by atoms with Crippen LogP contribution in [-0.2, 0) is 0 Å². The van der Waals surface area contributed by atoms with Crippen LogP contribution in [0.5, 0.6) is 0 Å². The second kappa shape index (κ2) is 7.78. The zero-order valence-electron chi connectivity index (χ0n) is 13.5. The summed E-state index contributed by atoms with van der Waals surface area (Å²) < 4.78 is 0. The molecule has 2 nitrogen and oxygen atoms in total. The van der Waals surface area contributed by atoms with Gasteiger partial charge in [-0.2, -0.15) is 0 Å². The molecule has 0 atom stereocenters. The van der Waals surface area contributed by atoms with Gasteiger partial charge in [0, 0.05) is 23.3 Å². The summed E-state index contributed by atoms with van der Waals surface area (Å²) in [6, 6.07) is 10.3. The van der Waals surface area contributed by atoms with Crippen molar-refractivity contribution in [2.45, 2.75) is 53.4 Å². The van der Waals surface area contributed by atoms with Crippen molar-refractivity contribution in [2.24, 2.45) is 0 Å². The maximum Gasteiger partial charge on any atom is 0.0432 e. The normalized spacial score (nSPS) is 10.4. The van der Waals surface area contributed by atoms with E-state index in [9.17, 15) is 0 Å². The van der Waals surface area contributed by atoms with Gasteiger partial charge in [-0.3, -0.25) is 9.97 Å². The predicted octanol–water partition coefficient (Wildman–Crippen LogP) is 5.03. The summed E-state index contributed by atoms with van der Waals surface area (Å²) in [5.74, 6) is 1.08. The van der Waals surface area contributed by atoms with Crippen molar-refractivity contribution in [2.75, 3.05) is 0 Å². The number of hydrogen-bond donors (Lipinski definition) is 0. The number of pyridine rings is 2. The highest BCUT2D eigenvalue weighted by Crippen LogP contribution is 2.11. The monoisotopic (exact) mass is 270 g/mol. The van der Waals surface area contributed by atoms with E-state index in [-0.39, 0.29) is 0 Å². The van der Waals surface area contributed by atoms with E-state index in [1.165, 1.54) is 17.0 Å². The third-order valence-corrected chi connectivity index (χ3v) is 3.03. The third-order valence-electron chi connectivity index (χ3n) is 3.03. The van der Waals surface area contributed by atoms with E-state index in [0.717, 1.165) is 5.69 Å². The van der Waals surface area contributed by atoms with Crippen molar-refractivity contribution >= 4 is 0 Å². The van der Waals surface area contributed by atoms with Crippen LogP contribution in [-0.4, -0.2) is 9.97 Å². The molecule has 0 aliphatic heterocycles. The molecule has 0 aliphatic carbocycles. The molecule has 108 valence electrons. The van der Waals surface area contributed by atoms with Gasteiger partial charge in [0.15, 0.2) is 0 Å². The Morgan fingerprint density at radius 2 is 1.50 bits per heavy atom. The first kappa shape index (κ1) is 16.4. The van der Waals surface area contributed by atoms with Gasteiger partial charge in [0.05, 0.1) is 0 Å². The summed E-state index contributed by atoms with van der Waals surface area (Å²) in [5, 5.41) is 0. The molecule has 0 saturated heterocycles. The number of aryl methyl sites for hydroxylation is 2. The minimum Gasteiger partial charge on any atom is -0.261 e. The molecule has 0 amide bonds. The molecule has 2 heteroatoms. The lowest BCUT2D eigenvalue weighted by molar-refractivity contribution is 0.815. The first-order chi connectivity index (χ1) is 9.40. The minimum atomic E-state index is 0.542. The van der Waals surface area contributed by atoms with Gasteiger partial charge in [0.1, 0.15) is 0 Å². The fourth-order valence-electron chi connectivity index (χ4n) is 1.76. The molecule has 0 fully saturated rings. The van der Waals surface area contributed by atoms with Gasteiger partial charge in [0.2, 0.25) is 0 Å². The van der Waals surface area contributed by atoms with E-state index in [2.05, 4.69) is 62.8 Å². The van der Waals surface area contributed by atoms with E-state index in [0.29, 0.717) is 11.8 Å². The molecule has 0 bridgehead atoms. The molecule has 0 N–H and O–H groups in total. The number of hydrogen-bond acceptors (Lipinski definition) is 2. The van der Waals surface area contributed by atoms with Crippen molar-refractivity contribution in [1.82, 2.24) is 9.97 Å². The molecule has 0 radical (unpaired) electrons. The Balaban J connectivity index is 0.000000200. The van der Waals surface area contributed by atoms with Gasteiger partial charge in [-0.25, -0.2) is 0 Å². The van der Waals surface area contributed by atoms with E-state index in [1.54, 1.807) is 0 Å². The number of aromatic nitrogens is 2. The zero-order chi connectivity index (χ0) is 15.1. The molecule has 0 saturated carbocycles. The molecule has 2 aromatic rings. The van der Waals surface area contributed by atoms with Crippen LogP contribution >= 0.6 is 0 Å². The van der Waals surface area contributed by atoms with Gasteiger partial charge in [-0.15, -0.1) is 0 Å². The molecule has 0 aliphatic rings. The average Bonchev–Trinajstić information content (AvgIpc) is 2.39. The quantitative estimate of drug-likeness (QED) is 0.765. The number of rotatable bonds is 2. The summed E-state index contributed by atoms with van der Waals surface area (Å²) in [7, 11) is 0. The predicted molar refractivity (Wildman–Crippen MR) is 86.1 cm³/mol. The fraction of sp³-hybridized carbons (Fsp3) is 0.444. The molecular weight excluding hydrogens is 244 g/mol. The van der Waals surface area contributed by atoms with E-state index in [4.69, 9.17) is 0 Å². The van der Waals surface area contributed by atoms with Crippen molar-refractivity contribution in [3.05, 3.63) is 59.2 Å². The van der Waals surface area contributed by atoms with Crippen LogP contribution in [0, 0.1) is 13.8 Å². The van der Waals surface area contributed by atoms with Crippen molar-refractivity contribution in [1.29, 1.82) is 0 Å². The fourth-order valence-corrected chi connectivity index (χ4v) is 1.76. The Labute approximate surface area is 123 Å². The molecular formula is C18H26N2. The first-order valence-corrected chi connectivity index (χ1v) is 7.26. The molecule has 0 aromatic carbocycles. The van der Waals surface area contributed by atoms with E-state index < -0.39 is 0 Å². The highest BCUT2D eigenvalue weighted by atomic mass is 14.7. The van der Waals surface area contributed by atoms with Crippen molar-refractivity contribution in [3.8, 4) is 0 Å². The second-order valence-corrected chi connectivity index (χ2v) is 5.77. The highest BCUT2D eigenvalue weighted by Gasteiger charge is 1.98. The summed E-state index contributed by atoms with van der Waals surface area (Å²) >= 11 is 0. The summed E-state index contributed by atoms with van der Waals surface area (Å²) in [6.45, 7) is 12.7. The molecule has 0 spiro atoms. The molecule has 2 aromatic heterocycles. The Morgan fingerprint density at radius 1 is 0.850 bits per heavy atom. The maximum absolute atomic E-state index is 4.37. The van der Waals surface area contributed by atoms with Crippen LogP contribution in [0.25, 0.3) is 0 Å². The largest absolute Gasteiger partial charge is 0.261 e. The third kappa shape index (κ3) is 5.52. The zero-order valence-corrected chi connectivity index (χ0v) is 13.5. The Hall–Kier alpha value is -1.70. The van der Waals surface area contributed by atoms with Gasteiger partial charge < -0.3 is 0 Å². The Kier molecular flexibility index (Phi) is 6.37. The van der Waals surface area contributed by atoms with Crippen LogP contribution in [0.4, 0.5) is 0 Å². The van der Waals surface area contributed by atoms with Crippen LogP contribution in [0.1, 0.15) is 62.2 Å². The summed E-state index contributed by atoms with van der Waals surface area (Å²) in [5.41, 5.74) is 4.75. The van der Waals surface area contributed by atoms with Crippen molar-refractivity contribution in [3.63, 3.8) is 0 Å². The molecule has 2 rings (SSSR count). The van der Waals surface area contributed by atoms with Gasteiger partial charge in [-0.1, -0.05) is 33.8 Å². The van der Waals surface area contributed by atoms with Gasteiger partial charge in [0.25, 0.3) is 0 Å². The first-order valence-electron chi connectivity index (χ1n) is 7.26. The topological polar surface area (TPSA) is 25.8 Å². The van der Waals surface area contributed by atoms with Crippen LogP contribution in [0.15, 0.2) is 36.5 Å². The summed E-state index contributed by atoms with van der Waals surface area (Å²) in [6.07, 6.45) is 1.87. The molecule has 20 heavy (non-hydrogen) atoms. The lowest BCUT2D eigenvalue weighted by Gasteiger charge is -2.03. The summed E-state index contributed by atoms with van der Waals surface area (Å²) in [4.78, 5) is 8.61. The average molecular weight is 270 g/mol. The van der Waals surface area contributed by atoms with E-state index >= 15 is 0 Å². The Bertz CT molecular complexity index is 481. The lowest BCUT2D eigenvalue weighted by atomic mass is 10.1. The van der Waals surface area contributed by atoms with Crippen molar-refractivity contribution < 1.29 is 0 Å². The highest BCUT2D eigenvalue weighted by molar-refractivity contribution is 5.16. The Morgan fingerprint density at radius 3 is 1.90 bits per heavy atom. The smallest absolute Gasteiger partial charge is 0.0432 e. The van der Waals surface area contributed by atoms with Gasteiger partial charge in [-0.05, 0) is 55.5 Å². The SMILES string of the molecule is Cc1cccc(C(C)C)n1.Cc1ccnc(C(C)C)c1. The van der Waals surface area contributed by atoms with Gasteiger partial charge >= 0.3 is 0 Å².